The van der Waals surface area contributed by atoms with Crippen molar-refractivity contribution < 1.29 is 0 Å². The lowest BCUT2D eigenvalue weighted by Crippen LogP contribution is -2.32. The summed E-state index contributed by atoms with van der Waals surface area (Å²) in [4.78, 5) is 4.45. The molecule has 1 saturated carbocycles. The molecule has 0 radical (unpaired) electrons. The summed E-state index contributed by atoms with van der Waals surface area (Å²) in [5.41, 5.74) is 0. The van der Waals surface area contributed by atoms with Gasteiger partial charge in [-0.05, 0) is 30.4 Å². The van der Waals surface area contributed by atoms with Crippen molar-refractivity contribution in [3.05, 3.63) is 23.7 Å². The van der Waals surface area contributed by atoms with Gasteiger partial charge in [-0.25, -0.2) is 4.98 Å². The van der Waals surface area contributed by atoms with Gasteiger partial charge in [0.1, 0.15) is 5.82 Å². The molecule has 0 saturated heterocycles. The Hall–Kier alpha value is -1.13. The van der Waals surface area contributed by atoms with Crippen molar-refractivity contribution >= 4 is 27.2 Å². The number of aromatic nitrogens is 1. The topological polar surface area (TPSA) is 37.0 Å². The zero-order valence-electron chi connectivity index (χ0n) is 11.9. The molecule has 3 rings (SSSR count). The summed E-state index contributed by atoms with van der Waals surface area (Å²) in [6, 6.07) is 4.95. The fourth-order valence-corrected chi connectivity index (χ4v) is 3.76. The molecule has 108 valence electrons. The van der Waals surface area contributed by atoms with Crippen molar-refractivity contribution in [1.29, 1.82) is 0 Å². The van der Waals surface area contributed by atoms with E-state index in [1.165, 1.54) is 48.6 Å². The first-order valence-electron chi connectivity index (χ1n) is 7.73. The van der Waals surface area contributed by atoms with Crippen LogP contribution in [-0.2, 0) is 0 Å². The Labute approximate surface area is 124 Å². The van der Waals surface area contributed by atoms with Gasteiger partial charge in [-0.2, -0.15) is 0 Å². The largest absolute Gasteiger partial charge is 0.368 e. The van der Waals surface area contributed by atoms with Crippen molar-refractivity contribution in [3.63, 3.8) is 0 Å². The smallest absolute Gasteiger partial charge is 0.134 e. The third kappa shape index (κ3) is 3.49. The van der Waals surface area contributed by atoms with E-state index in [4.69, 9.17) is 0 Å². The summed E-state index contributed by atoms with van der Waals surface area (Å²) >= 11 is 1.77. The van der Waals surface area contributed by atoms with Crippen molar-refractivity contribution in [2.24, 2.45) is 0 Å². The lowest BCUT2D eigenvalue weighted by atomic mass is 10.1. The van der Waals surface area contributed by atoms with E-state index in [1.54, 1.807) is 11.3 Å². The number of fused-ring (bicyclic) bond motifs is 1. The summed E-state index contributed by atoms with van der Waals surface area (Å²) < 4.78 is 1.30. The lowest BCUT2D eigenvalue weighted by molar-refractivity contribution is 0.468. The maximum Gasteiger partial charge on any atom is 0.134 e. The number of hydrogen-bond acceptors (Lipinski definition) is 4. The van der Waals surface area contributed by atoms with E-state index in [9.17, 15) is 0 Å². The normalized spacial score (nSPS) is 17.2. The van der Waals surface area contributed by atoms with Gasteiger partial charge >= 0.3 is 0 Å². The highest BCUT2D eigenvalue weighted by Gasteiger charge is 2.10. The van der Waals surface area contributed by atoms with E-state index in [2.05, 4.69) is 33.1 Å². The Morgan fingerprint density at radius 1 is 1.10 bits per heavy atom. The molecule has 2 aromatic heterocycles. The van der Waals surface area contributed by atoms with Crippen molar-refractivity contribution in [3.8, 4) is 0 Å². The molecule has 1 fully saturated rings. The van der Waals surface area contributed by atoms with Gasteiger partial charge in [0.15, 0.2) is 0 Å². The number of rotatable bonds is 5. The van der Waals surface area contributed by atoms with Crippen molar-refractivity contribution in [2.75, 3.05) is 18.4 Å². The quantitative estimate of drug-likeness (QED) is 0.645. The van der Waals surface area contributed by atoms with E-state index in [-0.39, 0.29) is 0 Å². The molecule has 2 aromatic rings. The number of anilines is 1. The molecule has 0 spiro atoms. The minimum absolute atomic E-state index is 0.726. The van der Waals surface area contributed by atoms with Gasteiger partial charge in [0.25, 0.3) is 0 Å². The van der Waals surface area contributed by atoms with Crippen LogP contribution in [0.2, 0.25) is 0 Å². The van der Waals surface area contributed by atoms with E-state index in [0.717, 1.165) is 24.9 Å². The SMILES string of the molecule is c1cc2sccc2c(NCCNC2CCCCCC2)n1. The lowest BCUT2D eigenvalue weighted by Gasteiger charge is -2.16. The van der Waals surface area contributed by atoms with Gasteiger partial charge in [0, 0.05) is 35.4 Å². The summed E-state index contributed by atoms with van der Waals surface area (Å²) in [5, 5.41) is 10.5. The summed E-state index contributed by atoms with van der Waals surface area (Å²) in [6.45, 7) is 1.96. The maximum atomic E-state index is 4.45. The average Bonchev–Trinajstić information content (AvgIpc) is 2.81. The van der Waals surface area contributed by atoms with Gasteiger partial charge in [-0.3, -0.25) is 0 Å². The van der Waals surface area contributed by atoms with Crippen molar-refractivity contribution in [2.45, 2.75) is 44.6 Å². The van der Waals surface area contributed by atoms with Gasteiger partial charge in [0.2, 0.25) is 0 Å². The second kappa shape index (κ2) is 7.04. The van der Waals surface area contributed by atoms with Crippen molar-refractivity contribution in [1.82, 2.24) is 10.3 Å². The second-order valence-electron chi connectivity index (χ2n) is 5.56. The monoisotopic (exact) mass is 289 g/mol. The Balaban J connectivity index is 1.46. The molecule has 2 heterocycles. The molecule has 3 nitrogen and oxygen atoms in total. The predicted octanol–water partition coefficient (Wildman–Crippen LogP) is 4.02. The zero-order chi connectivity index (χ0) is 13.6. The summed E-state index contributed by atoms with van der Waals surface area (Å²) in [7, 11) is 0. The molecule has 20 heavy (non-hydrogen) atoms. The third-order valence-electron chi connectivity index (χ3n) is 4.09. The van der Waals surface area contributed by atoms with E-state index in [1.807, 2.05) is 6.20 Å². The van der Waals surface area contributed by atoms with Crippen LogP contribution < -0.4 is 10.6 Å². The average molecular weight is 289 g/mol. The molecule has 0 atom stereocenters. The summed E-state index contributed by atoms with van der Waals surface area (Å²) in [6.07, 6.45) is 10.2. The van der Waals surface area contributed by atoms with Gasteiger partial charge in [0.05, 0.1) is 0 Å². The van der Waals surface area contributed by atoms with Crippen LogP contribution in [0, 0.1) is 0 Å². The van der Waals surface area contributed by atoms with Gasteiger partial charge in [-0.1, -0.05) is 25.7 Å². The van der Waals surface area contributed by atoms with Gasteiger partial charge in [-0.15, -0.1) is 11.3 Å². The molecule has 0 aromatic carbocycles. The Morgan fingerprint density at radius 2 is 1.95 bits per heavy atom. The number of pyridine rings is 1. The van der Waals surface area contributed by atoms with Crippen LogP contribution in [0.4, 0.5) is 5.82 Å². The van der Waals surface area contributed by atoms with E-state index < -0.39 is 0 Å². The highest BCUT2D eigenvalue weighted by Crippen LogP contribution is 2.25. The number of nitrogens with one attached hydrogen (secondary N) is 2. The van der Waals surface area contributed by atoms with E-state index in [0.29, 0.717) is 0 Å². The molecule has 1 aliphatic carbocycles. The highest BCUT2D eigenvalue weighted by molar-refractivity contribution is 7.17. The third-order valence-corrected chi connectivity index (χ3v) is 4.97. The highest BCUT2D eigenvalue weighted by atomic mass is 32.1. The molecular formula is C16H23N3S. The fourth-order valence-electron chi connectivity index (χ4n) is 2.98. The fraction of sp³-hybridized carbons (Fsp3) is 0.562. The molecule has 0 bridgehead atoms. The minimum atomic E-state index is 0.726. The first-order chi connectivity index (χ1) is 9.93. The Morgan fingerprint density at radius 3 is 2.80 bits per heavy atom. The number of thiophene rings is 1. The first kappa shape index (κ1) is 13.8. The van der Waals surface area contributed by atoms with Crippen LogP contribution in [-0.4, -0.2) is 24.1 Å². The minimum Gasteiger partial charge on any atom is -0.368 e. The Bertz CT molecular complexity index is 529. The Kier molecular flexibility index (Phi) is 4.87. The summed E-state index contributed by atoms with van der Waals surface area (Å²) in [5.74, 6) is 1.02. The number of hydrogen-bond donors (Lipinski definition) is 2. The van der Waals surface area contributed by atoms with Crippen LogP contribution in [0.1, 0.15) is 38.5 Å². The van der Waals surface area contributed by atoms with Crippen LogP contribution >= 0.6 is 11.3 Å². The van der Waals surface area contributed by atoms with Crippen LogP contribution in [0.15, 0.2) is 23.7 Å². The molecule has 0 aliphatic heterocycles. The molecule has 0 unspecified atom stereocenters. The van der Waals surface area contributed by atoms with E-state index >= 15 is 0 Å². The molecule has 0 amide bonds. The second-order valence-corrected chi connectivity index (χ2v) is 6.51. The molecule has 1 aliphatic rings. The standard InChI is InChI=1S/C16H23N3S/c1-2-4-6-13(5-3-1)17-10-11-19-16-14-8-12-20-15(14)7-9-18-16/h7-9,12-13,17H,1-6,10-11H2,(H,18,19). The van der Waals surface area contributed by atoms with Crippen LogP contribution in [0.3, 0.4) is 0 Å². The first-order valence-corrected chi connectivity index (χ1v) is 8.61. The molecule has 4 heteroatoms. The zero-order valence-corrected chi connectivity index (χ0v) is 12.7. The van der Waals surface area contributed by atoms with Gasteiger partial charge < -0.3 is 10.6 Å². The molecule has 2 N–H and O–H groups in total. The number of nitrogens with zero attached hydrogens (tertiary/aromatic N) is 1. The molecular weight excluding hydrogens is 266 g/mol. The van der Waals surface area contributed by atoms with Crippen LogP contribution in [0.25, 0.3) is 10.1 Å². The van der Waals surface area contributed by atoms with Crippen LogP contribution in [0.5, 0.6) is 0 Å². The predicted molar refractivity (Wildman–Crippen MR) is 87.6 cm³/mol. The maximum absolute atomic E-state index is 4.45.